The molecule has 0 amide bonds. The van der Waals surface area contributed by atoms with Gasteiger partial charge in [-0.3, -0.25) is 0 Å². The first-order chi connectivity index (χ1) is 9.75. The third kappa shape index (κ3) is 2.35. The van der Waals surface area contributed by atoms with Crippen LogP contribution in [0.15, 0.2) is 65.7 Å². The predicted octanol–water partition coefficient (Wildman–Crippen LogP) is 3.16. The molecule has 0 N–H and O–H groups in total. The van der Waals surface area contributed by atoms with Crippen molar-refractivity contribution in [1.82, 2.24) is 0 Å². The fourth-order valence-corrected chi connectivity index (χ4v) is 2.33. The van der Waals surface area contributed by atoms with E-state index in [0.717, 1.165) is 11.1 Å². The monoisotopic (exact) mass is 265 g/mol. The van der Waals surface area contributed by atoms with Crippen LogP contribution in [0.3, 0.4) is 0 Å². The van der Waals surface area contributed by atoms with E-state index in [-0.39, 0.29) is 11.9 Å². The molecule has 3 nitrogen and oxygen atoms in total. The van der Waals surface area contributed by atoms with Crippen LogP contribution in [0.1, 0.15) is 24.0 Å². The van der Waals surface area contributed by atoms with Crippen molar-refractivity contribution in [3.05, 3.63) is 71.8 Å². The van der Waals surface area contributed by atoms with Crippen molar-refractivity contribution in [1.29, 1.82) is 0 Å². The normalized spacial score (nSPS) is 19.4. The van der Waals surface area contributed by atoms with Crippen LogP contribution in [0.25, 0.3) is 0 Å². The van der Waals surface area contributed by atoms with Gasteiger partial charge in [-0.05, 0) is 17.7 Å². The highest BCUT2D eigenvalue weighted by molar-refractivity contribution is 6.06. The lowest BCUT2D eigenvalue weighted by atomic mass is 9.94. The standard InChI is InChI=1S/C17H15NO2/c1-12(13-8-4-2-5-9-13)15-17(19)20-16(18-15)14-10-6-3-7-11-14/h2-12,15H,1H3. The Hall–Kier alpha value is -2.42. The second-order valence-electron chi connectivity index (χ2n) is 4.87. The lowest BCUT2D eigenvalue weighted by Gasteiger charge is -2.13. The van der Waals surface area contributed by atoms with Gasteiger partial charge in [-0.2, -0.15) is 0 Å². The van der Waals surface area contributed by atoms with Crippen LogP contribution < -0.4 is 0 Å². The van der Waals surface area contributed by atoms with Crippen LogP contribution in [-0.2, 0) is 9.53 Å². The highest BCUT2D eigenvalue weighted by atomic mass is 16.6. The first-order valence-corrected chi connectivity index (χ1v) is 6.65. The number of cyclic esters (lactones) is 1. The van der Waals surface area contributed by atoms with E-state index in [1.165, 1.54) is 0 Å². The van der Waals surface area contributed by atoms with Crippen molar-refractivity contribution in [2.75, 3.05) is 0 Å². The Kier molecular flexibility index (Phi) is 3.33. The molecule has 0 aliphatic carbocycles. The topological polar surface area (TPSA) is 38.7 Å². The average Bonchev–Trinajstić information content (AvgIpc) is 2.90. The zero-order chi connectivity index (χ0) is 13.9. The molecule has 100 valence electrons. The van der Waals surface area contributed by atoms with Gasteiger partial charge in [-0.15, -0.1) is 0 Å². The molecule has 3 heteroatoms. The Bertz CT molecular complexity index is 635. The van der Waals surface area contributed by atoms with Crippen molar-refractivity contribution in [3.63, 3.8) is 0 Å². The molecule has 0 fully saturated rings. The summed E-state index contributed by atoms with van der Waals surface area (Å²) in [5.41, 5.74) is 1.93. The molecule has 2 atom stereocenters. The summed E-state index contributed by atoms with van der Waals surface area (Å²) in [6.07, 6.45) is 0. The molecule has 3 rings (SSSR count). The molecule has 0 spiro atoms. The smallest absolute Gasteiger partial charge is 0.338 e. The number of aliphatic imine (C=N–C) groups is 1. The van der Waals surface area contributed by atoms with Gasteiger partial charge in [-0.25, -0.2) is 9.79 Å². The molecule has 0 radical (unpaired) electrons. The van der Waals surface area contributed by atoms with Crippen molar-refractivity contribution in [2.24, 2.45) is 4.99 Å². The van der Waals surface area contributed by atoms with Gasteiger partial charge >= 0.3 is 5.97 Å². The summed E-state index contributed by atoms with van der Waals surface area (Å²) < 4.78 is 5.31. The minimum Gasteiger partial charge on any atom is -0.406 e. The second-order valence-corrected chi connectivity index (χ2v) is 4.87. The molecular weight excluding hydrogens is 250 g/mol. The van der Waals surface area contributed by atoms with Gasteiger partial charge in [0, 0.05) is 11.5 Å². The van der Waals surface area contributed by atoms with Gasteiger partial charge in [0.1, 0.15) is 0 Å². The van der Waals surface area contributed by atoms with E-state index in [0.29, 0.717) is 5.90 Å². The summed E-state index contributed by atoms with van der Waals surface area (Å²) in [5, 5.41) is 0. The number of carbonyl (C=O) groups is 1. The van der Waals surface area contributed by atoms with Crippen LogP contribution in [0.2, 0.25) is 0 Å². The fraction of sp³-hybridized carbons (Fsp3) is 0.176. The summed E-state index contributed by atoms with van der Waals surface area (Å²) in [7, 11) is 0. The van der Waals surface area contributed by atoms with E-state index in [2.05, 4.69) is 4.99 Å². The highest BCUT2D eigenvalue weighted by Crippen LogP contribution is 2.26. The molecule has 0 saturated carbocycles. The molecule has 0 saturated heterocycles. The number of ether oxygens (including phenoxy) is 1. The van der Waals surface area contributed by atoms with E-state index in [1.807, 2.05) is 67.6 Å². The van der Waals surface area contributed by atoms with Gasteiger partial charge in [0.25, 0.3) is 0 Å². The third-order valence-corrected chi connectivity index (χ3v) is 3.51. The molecule has 1 heterocycles. The van der Waals surface area contributed by atoms with E-state index < -0.39 is 6.04 Å². The van der Waals surface area contributed by atoms with Crippen LogP contribution in [0.5, 0.6) is 0 Å². The van der Waals surface area contributed by atoms with E-state index >= 15 is 0 Å². The number of benzene rings is 2. The Morgan fingerprint density at radius 1 is 1.00 bits per heavy atom. The van der Waals surface area contributed by atoms with Crippen LogP contribution in [0.4, 0.5) is 0 Å². The summed E-state index contributed by atoms with van der Waals surface area (Å²) in [5.74, 6) is 0.147. The molecule has 1 aliphatic rings. The average molecular weight is 265 g/mol. The van der Waals surface area contributed by atoms with Gasteiger partial charge in [-0.1, -0.05) is 55.5 Å². The lowest BCUT2D eigenvalue weighted by molar-refractivity contribution is -0.135. The Morgan fingerprint density at radius 2 is 1.60 bits per heavy atom. The molecule has 20 heavy (non-hydrogen) atoms. The molecule has 1 aliphatic heterocycles. The van der Waals surface area contributed by atoms with E-state index in [9.17, 15) is 4.79 Å². The number of carbonyl (C=O) groups excluding carboxylic acids is 1. The molecule has 2 aromatic carbocycles. The summed E-state index contributed by atoms with van der Waals surface area (Å²) in [4.78, 5) is 16.5. The maximum atomic E-state index is 12.0. The first-order valence-electron chi connectivity index (χ1n) is 6.65. The van der Waals surface area contributed by atoms with Crippen LogP contribution >= 0.6 is 0 Å². The molecule has 2 unspecified atom stereocenters. The number of hydrogen-bond acceptors (Lipinski definition) is 3. The van der Waals surface area contributed by atoms with E-state index in [4.69, 9.17) is 4.74 Å². The fourth-order valence-electron chi connectivity index (χ4n) is 2.33. The molecular formula is C17H15NO2. The van der Waals surface area contributed by atoms with Crippen LogP contribution in [0, 0.1) is 0 Å². The maximum absolute atomic E-state index is 12.0. The zero-order valence-electron chi connectivity index (χ0n) is 11.2. The second kappa shape index (κ2) is 5.29. The largest absolute Gasteiger partial charge is 0.406 e. The van der Waals surface area contributed by atoms with Crippen molar-refractivity contribution < 1.29 is 9.53 Å². The van der Waals surface area contributed by atoms with Crippen LogP contribution in [-0.4, -0.2) is 17.9 Å². The molecule has 2 aromatic rings. The quantitative estimate of drug-likeness (QED) is 0.800. The SMILES string of the molecule is CC(c1ccccc1)C1N=C(c2ccccc2)OC1=O. The zero-order valence-corrected chi connectivity index (χ0v) is 11.2. The minimum absolute atomic E-state index is 0.00455. The first kappa shape index (κ1) is 12.6. The number of nitrogens with zero attached hydrogens (tertiary/aromatic N) is 1. The van der Waals surface area contributed by atoms with Crippen molar-refractivity contribution in [2.45, 2.75) is 18.9 Å². The Balaban J connectivity index is 1.88. The lowest BCUT2D eigenvalue weighted by Crippen LogP contribution is -2.21. The Labute approximate surface area is 117 Å². The third-order valence-electron chi connectivity index (χ3n) is 3.51. The number of hydrogen-bond donors (Lipinski definition) is 0. The number of esters is 1. The van der Waals surface area contributed by atoms with Gasteiger partial charge in [0.2, 0.25) is 5.90 Å². The summed E-state index contributed by atoms with van der Waals surface area (Å²) >= 11 is 0. The van der Waals surface area contributed by atoms with Crippen molar-refractivity contribution in [3.8, 4) is 0 Å². The maximum Gasteiger partial charge on any atom is 0.338 e. The molecule has 0 bridgehead atoms. The summed E-state index contributed by atoms with van der Waals surface area (Å²) in [6, 6.07) is 19.0. The predicted molar refractivity (Wildman–Crippen MR) is 77.7 cm³/mol. The van der Waals surface area contributed by atoms with E-state index in [1.54, 1.807) is 0 Å². The minimum atomic E-state index is -0.465. The highest BCUT2D eigenvalue weighted by Gasteiger charge is 2.34. The van der Waals surface area contributed by atoms with Gasteiger partial charge in [0.15, 0.2) is 6.04 Å². The number of rotatable bonds is 3. The Morgan fingerprint density at radius 3 is 2.25 bits per heavy atom. The summed E-state index contributed by atoms with van der Waals surface area (Å²) in [6.45, 7) is 2.00. The van der Waals surface area contributed by atoms with Gasteiger partial charge < -0.3 is 4.74 Å². The van der Waals surface area contributed by atoms with Gasteiger partial charge in [0.05, 0.1) is 0 Å². The molecule has 0 aromatic heterocycles. The van der Waals surface area contributed by atoms with Crippen molar-refractivity contribution >= 4 is 11.9 Å².